The maximum atomic E-state index is 14.4. The molecule has 2 aromatic heterocycles. The summed E-state index contributed by atoms with van der Waals surface area (Å²) in [5, 5.41) is 7.88. The fourth-order valence-electron chi connectivity index (χ4n) is 4.43. The lowest BCUT2D eigenvalue weighted by molar-refractivity contribution is -0.132. The number of nitrogens with one attached hydrogen (secondary N) is 1. The smallest absolute Gasteiger partial charge is 0.249 e. The lowest BCUT2D eigenvalue weighted by Crippen LogP contribution is -2.37. The number of halogens is 3. The Bertz CT molecular complexity index is 1520. The average molecular weight is 555 g/mol. The Morgan fingerprint density at radius 2 is 2.00 bits per heavy atom. The fourth-order valence-corrected chi connectivity index (χ4v) is 4.70. The van der Waals surface area contributed by atoms with E-state index >= 15 is 0 Å². The summed E-state index contributed by atoms with van der Waals surface area (Å²) in [5.74, 6) is -0.250. The van der Waals surface area contributed by atoms with Crippen LogP contribution in [0.5, 0.6) is 5.75 Å². The van der Waals surface area contributed by atoms with Gasteiger partial charge in [0, 0.05) is 16.6 Å². The van der Waals surface area contributed by atoms with Crippen LogP contribution in [0.2, 0.25) is 5.02 Å². The first-order valence-corrected chi connectivity index (χ1v) is 13.2. The molecule has 2 atom stereocenters. The van der Waals surface area contributed by atoms with Gasteiger partial charge in [-0.1, -0.05) is 23.7 Å². The van der Waals surface area contributed by atoms with Crippen molar-refractivity contribution in [3.63, 3.8) is 0 Å². The maximum Gasteiger partial charge on any atom is 0.249 e. The number of hydrogen-bond acceptors (Lipinski definition) is 5. The van der Waals surface area contributed by atoms with E-state index in [1.54, 1.807) is 26.0 Å². The van der Waals surface area contributed by atoms with Gasteiger partial charge < -0.3 is 14.8 Å². The topological polar surface area (TPSA) is 78.3 Å². The van der Waals surface area contributed by atoms with Gasteiger partial charge in [-0.2, -0.15) is 5.10 Å². The van der Waals surface area contributed by atoms with Crippen LogP contribution in [-0.4, -0.2) is 33.4 Å². The minimum Gasteiger partial charge on any atom is -0.487 e. The van der Waals surface area contributed by atoms with Crippen molar-refractivity contribution in [2.24, 2.45) is 5.92 Å². The van der Waals surface area contributed by atoms with E-state index < -0.39 is 23.8 Å². The van der Waals surface area contributed by atoms with Gasteiger partial charge in [0.1, 0.15) is 29.8 Å². The quantitative estimate of drug-likeness (QED) is 0.251. The number of para-hydroxylation sites is 1. The van der Waals surface area contributed by atoms with Crippen LogP contribution in [0, 0.1) is 24.5 Å². The second-order valence-electron chi connectivity index (χ2n) is 9.93. The molecule has 0 aliphatic heterocycles. The zero-order valence-corrected chi connectivity index (χ0v) is 22.6. The Kier molecular flexibility index (Phi) is 7.81. The highest BCUT2D eigenvalue weighted by molar-refractivity contribution is 6.31. The second kappa shape index (κ2) is 11.3. The Labute approximate surface area is 230 Å². The fraction of sp³-hybridized carbons (Fsp3) is 0.345. The average Bonchev–Trinajstić information content (AvgIpc) is 3.63. The largest absolute Gasteiger partial charge is 0.487 e. The minimum atomic E-state index is -0.626. The Morgan fingerprint density at radius 3 is 2.72 bits per heavy atom. The monoisotopic (exact) mass is 554 g/mol. The first kappa shape index (κ1) is 27.0. The van der Waals surface area contributed by atoms with Crippen molar-refractivity contribution in [1.29, 1.82) is 0 Å². The summed E-state index contributed by atoms with van der Waals surface area (Å²) in [7, 11) is 0. The summed E-state index contributed by atoms with van der Waals surface area (Å²) in [6.45, 7) is 5.85. The number of amides is 1. The molecule has 7 nitrogen and oxygen atoms in total. The van der Waals surface area contributed by atoms with Crippen molar-refractivity contribution in [1.82, 2.24) is 20.1 Å². The van der Waals surface area contributed by atoms with Gasteiger partial charge in [0.05, 0.1) is 35.8 Å². The molecule has 1 saturated carbocycles. The highest BCUT2D eigenvalue weighted by Gasteiger charge is 2.25. The molecule has 2 heterocycles. The van der Waals surface area contributed by atoms with Crippen molar-refractivity contribution in [2.75, 3.05) is 6.61 Å². The van der Waals surface area contributed by atoms with Gasteiger partial charge in [-0.25, -0.2) is 18.4 Å². The number of pyridine rings is 1. The zero-order valence-electron chi connectivity index (χ0n) is 21.9. The summed E-state index contributed by atoms with van der Waals surface area (Å²) < 4.78 is 41.4. The van der Waals surface area contributed by atoms with Gasteiger partial charge in [-0.05, 0) is 69.4 Å². The summed E-state index contributed by atoms with van der Waals surface area (Å²) in [5.41, 5.74) is 2.95. The van der Waals surface area contributed by atoms with Crippen LogP contribution in [-0.2, 0) is 16.1 Å². The van der Waals surface area contributed by atoms with Gasteiger partial charge in [-0.3, -0.25) is 4.79 Å². The van der Waals surface area contributed by atoms with E-state index in [4.69, 9.17) is 21.1 Å². The van der Waals surface area contributed by atoms with Crippen LogP contribution in [0.3, 0.4) is 0 Å². The van der Waals surface area contributed by atoms with Crippen molar-refractivity contribution >= 4 is 28.4 Å². The molecule has 1 fully saturated rings. The summed E-state index contributed by atoms with van der Waals surface area (Å²) in [6, 6.07) is 9.25. The molecule has 5 rings (SSSR count). The highest BCUT2D eigenvalue weighted by Crippen LogP contribution is 2.33. The number of carbonyl (C=O) groups is 1. The number of hydrogen-bond donors (Lipinski definition) is 1. The molecule has 2 aromatic carbocycles. The normalized spacial score (nSPS) is 14.8. The SMILES string of the molecule is Cc1cc(-n2cc(F)cn2)c2cccc(OCc3c(Cl)cc(F)cc3[C@H](C)NC(=O)C(C)OCC3CC3)c2n1. The summed E-state index contributed by atoms with van der Waals surface area (Å²) >= 11 is 6.47. The number of aryl methyl sites for hydroxylation is 1. The Hall–Kier alpha value is -3.56. The van der Waals surface area contributed by atoms with Gasteiger partial charge >= 0.3 is 0 Å². The number of ether oxygens (including phenoxy) is 2. The summed E-state index contributed by atoms with van der Waals surface area (Å²) in [6.07, 6.45) is 4.06. The maximum absolute atomic E-state index is 14.4. The first-order valence-electron chi connectivity index (χ1n) is 12.8. The van der Waals surface area contributed by atoms with Crippen molar-refractivity contribution in [3.05, 3.63) is 82.3 Å². The highest BCUT2D eigenvalue weighted by atomic mass is 35.5. The molecule has 1 amide bonds. The van der Waals surface area contributed by atoms with Crippen LogP contribution in [0.4, 0.5) is 8.78 Å². The molecule has 204 valence electrons. The van der Waals surface area contributed by atoms with E-state index in [9.17, 15) is 13.6 Å². The number of nitrogens with zero attached hydrogens (tertiary/aromatic N) is 3. The molecule has 39 heavy (non-hydrogen) atoms. The van der Waals surface area contributed by atoms with Crippen molar-refractivity contribution in [3.8, 4) is 11.4 Å². The van der Waals surface area contributed by atoms with Gasteiger partial charge in [-0.15, -0.1) is 0 Å². The molecule has 10 heteroatoms. The number of aromatic nitrogens is 3. The van der Waals surface area contributed by atoms with E-state index in [1.807, 2.05) is 19.1 Å². The zero-order chi connectivity index (χ0) is 27.7. The third-order valence-electron chi connectivity index (χ3n) is 6.75. The van der Waals surface area contributed by atoms with E-state index in [-0.39, 0.29) is 17.5 Å². The predicted octanol–water partition coefficient (Wildman–Crippen LogP) is 6.23. The van der Waals surface area contributed by atoms with E-state index in [0.29, 0.717) is 51.7 Å². The first-order chi connectivity index (χ1) is 18.7. The number of benzene rings is 2. The predicted molar refractivity (Wildman–Crippen MR) is 144 cm³/mol. The Morgan fingerprint density at radius 1 is 1.21 bits per heavy atom. The molecule has 0 bridgehead atoms. The molecule has 1 aliphatic carbocycles. The van der Waals surface area contributed by atoms with Crippen LogP contribution in [0.15, 0.2) is 48.8 Å². The van der Waals surface area contributed by atoms with Crippen molar-refractivity contribution < 1.29 is 23.0 Å². The van der Waals surface area contributed by atoms with E-state index in [2.05, 4.69) is 15.4 Å². The molecule has 1 N–H and O–H groups in total. The lowest BCUT2D eigenvalue weighted by Gasteiger charge is -2.22. The number of carbonyl (C=O) groups excluding carboxylic acids is 1. The molecule has 0 radical (unpaired) electrons. The molecule has 0 spiro atoms. The van der Waals surface area contributed by atoms with Gasteiger partial charge in [0.25, 0.3) is 0 Å². The van der Waals surface area contributed by atoms with Crippen molar-refractivity contribution in [2.45, 2.75) is 52.4 Å². The minimum absolute atomic E-state index is 0.00283. The third-order valence-corrected chi connectivity index (χ3v) is 7.08. The van der Waals surface area contributed by atoms with Gasteiger partial charge in [0.15, 0.2) is 5.82 Å². The molecule has 4 aromatic rings. The molecular weight excluding hydrogens is 526 g/mol. The van der Waals surface area contributed by atoms with Gasteiger partial charge in [0.2, 0.25) is 5.91 Å². The standard InChI is InChI=1S/C29H29ClF2N4O3/c1-16-9-26(36-13-21(32)12-33-36)22-5-4-6-27(28(22)34-16)39-15-24-23(10-20(31)11-25(24)30)17(2)35-29(37)18(3)38-14-19-7-8-19/h4-6,9-13,17-19H,7-8,14-15H2,1-3H3,(H,35,37)/t17-,18?/m0/s1. The molecule has 1 unspecified atom stereocenters. The second-order valence-corrected chi connectivity index (χ2v) is 10.3. The van der Waals surface area contributed by atoms with Crippen LogP contribution < -0.4 is 10.1 Å². The molecule has 0 saturated heterocycles. The molecular formula is C29H29ClF2N4O3. The van der Waals surface area contributed by atoms with Crippen LogP contribution in [0.25, 0.3) is 16.6 Å². The lowest BCUT2D eigenvalue weighted by atomic mass is 10.0. The summed E-state index contributed by atoms with van der Waals surface area (Å²) in [4.78, 5) is 17.4. The van der Waals surface area contributed by atoms with E-state index in [0.717, 1.165) is 19.0 Å². The number of rotatable bonds is 10. The number of fused-ring (bicyclic) bond motifs is 1. The van der Waals surface area contributed by atoms with E-state index in [1.165, 1.54) is 23.0 Å². The van der Waals surface area contributed by atoms with Crippen LogP contribution >= 0.6 is 11.6 Å². The molecule has 1 aliphatic rings. The Balaban J connectivity index is 1.39. The third kappa shape index (κ3) is 6.20. The van der Waals surface area contributed by atoms with Crippen LogP contribution in [0.1, 0.15) is 49.6 Å².